The van der Waals surface area contributed by atoms with Crippen molar-refractivity contribution in [2.24, 2.45) is 0 Å². The van der Waals surface area contributed by atoms with Gasteiger partial charge in [-0.3, -0.25) is 9.53 Å². The molecule has 20 heavy (non-hydrogen) atoms. The van der Waals surface area contributed by atoms with Crippen molar-refractivity contribution in [3.05, 3.63) is 48.0 Å². The third kappa shape index (κ3) is 2.56. The number of hydrogen-bond acceptors (Lipinski definition) is 2. The van der Waals surface area contributed by atoms with Crippen LogP contribution in [0, 0.1) is 0 Å². The highest BCUT2D eigenvalue weighted by Crippen LogP contribution is 2.29. The van der Waals surface area contributed by atoms with Crippen molar-refractivity contribution in [2.75, 3.05) is 0 Å². The average Bonchev–Trinajstić information content (AvgIpc) is 2.39. The van der Waals surface area contributed by atoms with Gasteiger partial charge in [-0.2, -0.15) is 0 Å². The molecule has 1 aliphatic rings. The lowest BCUT2D eigenvalue weighted by Gasteiger charge is -2.28. The Morgan fingerprint density at radius 1 is 1.10 bits per heavy atom. The monoisotopic (exact) mass is 285 g/mol. The van der Waals surface area contributed by atoms with E-state index in [0.717, 1.165) is 15.8 Å². The Morgan fingerprint density at radius 3 is 2.40 bits per heavy atom. The molecule has 0 amide bonds. The minimum atomic E-state index is -1.05. The van der Waals surface area contributed by atoms with Gasteiger partial charge in [-0.25, -0.2) is 0 Å². The van der Waals surface area contributed by atoms with Crippen LogP contribution in [-0.4, -0.2) is 15.1 Å². The molecule has 2 aromatic carbocycles. The van der Waals surface area contributed by atoms with Gasteiger partial charge in [-0.1, -0.05) is 36.4 Å². The molecule has 2 unspecified atom stereocenters. The Hall–Kier alpha value is -1.45. The first-order valence-electron chi connectivity index (χ1n) is 6.83. The van der Waals surface area contributed by atoms with Gasteiger partial charge in [0.2, 0.25) is 0 Å². The van der Waals surface area contributed by atoms with Crippen molar-refractivity contribution in [3.8, 4) is 0 Å². The molecule has 0 saturated heterocycles. The Labute approximate surface area is 122 Å². The third-order valence-corrected chi connectivity index (χ3v) is 4.87. The number of rotatable bonds is 1. The van der Waals surface area contributed by atoms with Gasteiger partial charge in [0.15, 0.2) is 0 Å². The van der Waals surface area contributed by atoms with Gasteiger partial charge in [0.25, 0.3) is 0 Å². The van der Waals surface area contributed by atoms with Crippen LogP contribution < -0.4 is 5.32 Å². The third-order valence-electron chi connectivity index (χ3n) is 3.35. The summed E-state index contributed by atoms with van der Waals surface area (Å²) in [5, 5.41) is 5.62. The number of hydrogen-bond donors (Lipinski definition) is 1. The zero-order valence-corrected chi connectivity index (χ0v) is 12.8. The lowest BCUT2D eigenvalue weighted by Crippen LogP contribution is -2.45. The zero-order chi connectivity index (χ0) is 14.3. The maximum atomic E-state index is 12.7. The Morgan fingerprint density at radius 2 is 1.75 bits per heavy atom. The van der Waals surface area contributed by atoms with Crippen molar-refractivity contribution in [2.45, 2.75) is 36.6 Å². The molecule has 2 nitrogen and oxygen atoms in total. The van der Waals surface area contributed by atoms with E-state index in [9.17, 15) is 4.21 Å². The summed E-state index contributed by atoms with van der Waals surface area (Å²) in [6.45, 7) is 6.27. The molecule has 0 bridgehead atoms. The summed E-state index contributed by atoms with van der Waals surface area (Å²) >= 11 is 0. The number of benzene rings is 2. The molecule has 2 atom stereocenters. The highest BCUT2D eigenvalue weighted by Gasteiger charge is 2.25. The van der Waals surface area contributed by atoms with Crippen molar-refractivity contribution >= 4 is 27.6 Å². The summed E-state index contributed by atoms with van der Waals surface area (Å²) in [6, 6.07) is 12.4. The molecule has 3 heteroatoms. The van der Waals surface area contributed by atoms with E-state index < -0.39 is 10.8 Å². The van der Waals surface area contributed by atoms with Gasteiger partial charge in [-0.15, -0.1) is 0 Å². The first-order chi connectivity index (χ1) is 9.44. The fraction of sp³-hybridized carbons (Fsp3) is 0.294. The van der Waals surface area contributed by atoms with Crippen molar-refractivity contribution in [1.82, 2.24) is 5.32 Å². The molecule has 2 aromatic rings. The maximum absolute atomic E-state index is 12.7. The maximum Gasteiger partial charge on any atom is 0.108 e. The number of nitrogens with one attached hydrogen (secondary N) is 1. The summed E-state index contributed by atoms with van der Waals surface area (Å²) in [6.07, 6.45) is 4.09. The Bertz CT molecular complexity index is 712. The molecule has 0 saturated carbocycles. The molecule has 0 aromatic heterocycles. The van der Waals surface area contributed by atoms with E-state index in [0.29, 0.717) is 0 Å². The lowest BCUT2D eigenvalue weighted by molar-refractivity contribution is 0.432. The first-order valence-corrected chi connectivity index (χ1v) is 8.05. The molecular formula is C17H19NOS. The summed E-state index contributed by atoms with van der Waals surface area (Å²) in [5.41, 5.74) is 1.01. The largest absolute Gasteiger partial charge is 0.295 e. The Balaban J connectivity index is 2.05. The highest BCUT2D eigenvalue weighted by atomic mass is 32.2. The molecule has 1 aliphatic heterocycles. The van der Waals surface area contributed by atoms with Crippen LogP contribution in [0.5, 0.6) is 0 Å². The van der Waals surface area contributed by atoms with E-state index in [-0.39, 0.29) is 10.9 Å². The van der Waals surface area contributed by atoms with E-state index in [1.165, 1.54) is 5.39 Å². The van der Waals surface area contributed by atoms with E-state index in [1.54, 1.807) is 0 Å². The lowest BCUT2D eigenvalue weighted by atomic mass is 10.1. The topological polar surface area (TPSA) is 29.1 Å². The minimum Gasteiger partial charge on any atom is -0.295 e. The van der Waals surface area contributed by atoms with Gasteiger partial charge < -0.3 is 0 Å². The molecule has 0 fully saturated rings. The summed E-state index contributed by atoms with van der Waals surface area (Å²) in [4.78, 5) is 0.924. The van der Waals surface area contributed by atoms with E-state index in [1.807, 2.05) is 18.2 Å². The molecule has 0 aliphatic carbocycles. The second kappa shape index (κ2) is 4.83. The zero-order valence-electron chi connectivity index (χ0n) is 12.0. The van der Waals surface area contributed by atoms with Gasteiger partial charge in [0, 0.05) is 10.4 Å². The second-order valence-corrected chi connectivity index (χ2v) is 7.75. The van der Waals surface area contributed by atoms with Crippen LogP contribution in [0.4, 0.5) is 0 Å². The predicted molar refractivity (Wildman–Crippen MR) is 86.1 cm³/mol. The summed E-state index contributed by atoms with van der Waals surface area (Å²) in [7, 11) is -1.05. The molecule has 3 rings (SSSR count). The van der Waals surface area contributed by atoms with Gasteiger partial charge in [-0.05, 0) is 49.2 Å². The quantitative estimate of drug-likeness (QED) is 0.866. The van der Waals surface area contributed by atoms with Crippen LogP contribution >= 0.6 is 0 Å². The summed E-state index contributed by atoms with van der Waals surface area (Å²) in [5.74, 6) is 0. The molecule has 1 heterocycles. The molecule has 0 spiro atoms. The van der Waals surface area contributed by atoms with Crippen LogP contribution in [0.25, 0.3) is 16.8 Å². The molecular weight excluding hydrogens is 266 g/mol. The minimum absolute atomic E-state index is 0.0565. The van der Waals surface area contributed by atoms with Crippen LogP contribution in [0.15, 0.2) is 47.4 Å². The number of fused-ring (bicyclic) bond motifs is 2. The van der Waals surface area contributed by atoms with Crippen molar-refractivity contribution < 1.29 is 4.21 Å². The van der Waals surface area contributed by atoms with E-state index in [4.69, 9.17) is 0 Å². The first kappa shape index (κ1) is 13.5. The Kier molecular flexibility index (Phi) is 3.27. The van der Waals surface area contributed by atoms with Crippen LogP contribution in [0.2, 0.25) is 0 Å². The molecule has 104 valence electrons. The van der Waals surface area contributed by atoms with Crippen molar-refractivity contribution in [1.29, 1.82) is 0 Å². The van der Waals surface area contributed by atoms with Crippen LogP contribution in [-0.2, 0) is 10.8 Å². The fourth-order valence-corrected chi connectivity index (χ4v) is 4.03. The standard InChI is InChI=1S/C17H19NOS/c1-17(2,3)18-16-9-8-14-10-12-6-4-5-7-13(12)11-15(14)20(16)19/h4-11,16,18H,1-3H3. The second-order valence-electron chi connectivity index (χ2n) is 6.21. The average molecular weight is 285 g/mol. The fourth-order valence-electron chi connectivity index (χ4n) is 2.47. The van der Waals surface area contributed by atoms with E-state index >= 15 is 0 Å². The van der Waals surface area contributed by atoms with Gasteiger partial charge >= 0.3 is 0 Å². The molecule has 0 radical (unpaired) electrons. The van der Waals surface area contributed by atoms with Crippen LogP contribution in [0.3, 0.4) is 0 Å². The smallest absolute Gasteiger partial charge is 0.108 e. The normalized spacial score (nSPS) is 21.9. The highest BCUT2D eigenvalue weighted by molar-refractivity contribution is 7.86. The van der Waals surface area contributed by atoms with E-state index in [2.05, 4.69) is 56.4 Å². The van der Waals surface area contributed by atoms with Crippen LogP contribution in [0.1, 0.15) is 26.3 Å². The van der Waals surface area contributed by atoms with Crippen molar-refractivity contribution in [3.63, 3.8) is 0 Å². The summed E-state index contributed by atoms with van der Waals surface area (Å²) < 4.78 is 12.7. The van der Waals surface area contributed by atoms with Gasteiger partial charge in [0.05, 0.1) is 10.8 Å². The SMILES string of the molecule is CC(C)(C)NC1C=Cc2cc3ccccc3cc2S1=O. The molecule has 1 N–H and O–H groups in total. The predicted octanol–water partition coefficient (Wildman–Crippen LogP) is 3.69. The van der Waals surface area contributed by atoms with Gasteiger partial charge in [0.1, 0.15) is 5.37 Å².